The molecule has 0 saturated carbocycles. The molecule has 0 aromatic heterocycles. The lowest BCUT2D eigenvalue weighted by atomic mass is 10.2. The zero-order chi connectivity index (χ0) is 79.7. The molecule has 4 saturated heterocycles. The number of carbonyl (C=O) groups is 22. The highest BCUT2D eigenvalue weighted by Gasteiger charge is 2.44. The molecule has 0 radical (unpaired) electrons. The molecule has 8 aliphatic heterocycles. The van der Waals surface area contributed by atoms with Crippen molar-refractivity contribution in [2.24, 2.45) is 0 Å². The number of hydrogen-bond donors (Lipinski definition) is 6. The van der Waals surface area contributed by atoms with Gasteiger partial charge in [0, 0.05) is 136 Å². The molecule has 580 valence electrons. The molecule has 40 heteroatoms. The van der Waals surface area contributed by atoms with Crippen molar-refractivity contribution in [2.75, 3.05) is 75.6 Å². The van der Waals surface area contributed by atoms with Crippen LogP contribution in [0.2, 0.25) is 0 Å². The number of nitrogens with zero attached hydrogens (tertiary/aromatic N) is 8. The number of amides is 16. The summed E-state index contributed by atoms with van der Waals surface area (Å²) in [6.07, 6.45) is 10.4. The third kappa shape index (κ3) is 27.4. The Labute approximate surface area is 629 Å². The van der Waals surface area contributed by atoms with Crippen molar-refractivity contribution in [1.29, 1.82) is 0 Å². The van der Waals surface area contributed by atoms with E-state index >= 15 is 0 Å². The van der Waals surface area contributed by atoms with Crippen LogP contribution in [-0.2, 0) is 115 Å². The Bertz CT molecular complexity index is 3370. The van der Waals surface area contributed by atoms with E-state index in [0.717, 1.165) is 86.2 Å². The van der Waals surface area contributed by atoms with Crippen LogP contribution in [0.4, 0.5) is 0 Å². The maximum absolute atomic E-state index is 12.5. The van der Waals surface area contributed by atoms with Gasteiger partial charge in [-0.3, -0.25) is 125 Å². The van der Waals surface area contributed by atoms with E-state index < -0.39 is 136 Å². The van der Waals surface area contributed by atoms with Gasteiger partial charge in [-0.1, -0.05) is 55.4 Å². The Morgan fingerprint density at radius 2 is 0.613 bits per heavy atom. The first-order valence-corrected chi connectivity index (χ1v) is 37.1. The molecule has 0 aromatic rings. The molecule has 4 fully saturated rings. The number of likely N-dealkylation sites (tertiary alicyclic amines) is 2. The van der Waals surface area contributed by atoms with Crippen LogP contribution >= 0.6 is 48.8 Å². The van der Waals surface area contributed by atoms with Crippen LogP contribution in [0.1, 0.15) is 120 Å². The number of carbonyl (C=O) groups excluding carboxylic acids is 22. The lowest BCUT2D eigenvalue weighted by Gasteiger charge is -2.21. The van der Waals surface area contributed by atoms with Crippen molar-refractivity contribution in [3.8, 4) is 0 Å². The number of rotatable bonds is 34. The number of hydrogen-bond acceptors (Lipinski definition) is 32. The summed E-state index contributed by atoms with van der Waals surface area (Å²) in [5.74, 6) is -8.48. The molecule has 16 amide bonds. The van der Waals surface area contributed by atoms with Gasteiger partial charge in [-0.25, -0.2) is 9.59 Å². The van der Waals surface area contributed by atoms with E-state index in [0.29, 0.717) is 76.8 Å². The van der Waals surface area contributed by atoms with Gasteiger partial charge >= 0.3 is 11.9 Å². The van der Waals surface area contributed by atoms with Crippen molar-refractivity contribution >= 4 is 178 Å². The highest BCUT2D eigenvalue weighted by Crippen LogP contribution is 2.28. The minimum absolute atomic E-state index is 0.00626. The lowest BCUT2D eigenvalue weighted by molar-refractivity contribution is -0.198. The maximum atomic E-state index is 12.5. The van der Waals surface area contributed by atoms with E-state index in [1.165, 1.54) is 23.5 Å². The summed E-state index contributed by atoms with van der Waals surface area (Å²) in [5.41, 5.74) is 0. The Kier molecular flexibility index (Phi) is 39.7. The fourth-order valence-corrected chi connectivity index (χ4v) is 13.0. The van der Waals surface area contributed by atoms with Gasteiger partial charge in [0.05, 0.1) is 34.7 Å². The van der Waals surface area contributed by atoms with E-state index in [9.17, 15) is 105 Å². The van der Waals surface area contributed by atoms with Gasteiger partial charge in [0.15, 0.2) is 0 Å². The van der Waals surface area contributed by atoms with Gasteiger partial charge in [-0.15, -0.1) is 33.7 Å². The largest absolute Gasteiger partial charge is 0.352 e. The summed E-state index contributed by atoms with van der Waals surface area (Å²) in [5, 5.41) is 11.7. The van der Waals surface area contributed by atoms with Crippen LogP contribution in [0.25, 0.3) is 0 Å². The normalized spacial score (nSPS) is 19.2. The van der Waals surface area contributed by atoms with E-state index in [1.807, 2.05) is 41.5 Å². The average Bonchev–Trinajstić information content (AvgIpc) is 1.68. The molecule has 0 aliphatic carbocycles. The van der Waals surface area contributed by atoms with Gasteiger partial charge in [-0.2, -0.15) is 25.3 Å². The van der Waals surface area contributed by atoms with Gasteiger partial charge < -0.3 is 30.9 Å². The Balaban J connectivity index is 0.000000343. The Morgan fingerprint density at radius 3 is 0.896 bits per heavy atom. The Hall–Kier alpha value is -9.06. The number of thiol groups is 2. The number of Topliss-reactive ketones (excluding diaryl/α,β-unsaturated/α-hetero) is 4. The molecule has 8 heterocycles. The van der Waals surface area contributed by atoms with Crippen molar-refractivity contribution in [2.45, 2.75) is 154 Å². The molecular weight excluding hydrogens is 1470 g/mol. The monoisotopic (exact) mass is 1560 g/mol. The van der Waals surface area contributed by atoms with Crippen molar-refractivity contribution < 1.29 is 115 Å². The molecule has 8 aliphatic rings. The molecule has 8 rings (SSSR count). The van der Waals surface area contributed by atoms with Crippen molar-refractivity contribution in [3.63, 3.8) is 0 Å². The number of nitrogens with one attached hydrogen (secondary N) is 4. The van der Waals surface area contributed by atoms with Gasteiger partial charge in [0.1, 0.15) is 49.6 Å². The van der Waals surface area contributed by atoms with Gasteiger partial charge in [0.2, 0.25) is 23.6 Å². The fraction of sp³-hybridized carbons (Fsp3) is 0.545. The molecule has 6 atom stereocenters. The first-order valence-electron chi connectivity index (χ1n) is 33.7. The zero-order valence-corrected chi connectivity index (χ0v) is 63.1. The molecule has 36 nitrogen and oxygen atoms in total. The van der Waals surface area contributed by atoms with Crippen LogP contribution in [0, 0.1) is 0 Å². The summed E-state index contributed by atoms with van der Waals surface area (Å²) in [6, 6.07) is -0.853. The Morgan fingerprint density at radius 1 is 0.368 bits per heavy atom. The minimum Gasteiger partial charge on any atom is -0.328 e. The number of likely N-dealkylation sites (N-methyl/N-ethyl adjacent to an activating group) is 4. The molecule has 6 unspecified atom stereocenters. The maximum Gasteiger partial charge on any atom is 0.352 e. The minimum atomic E-state index is -1.04. The third-order valence-electron chi connectivity index (χ3n) is 15.6. The van der Waals surface area contributed by atoms with Crippen LogP contribution in [0.5, 0.6) is 0 Å². The standard InChI is InChI=1S/C17H23N3O7S.C16H21N3O5S.C10H8N2O6.C9H6N2O4.2C7H15NOS/c1-3-11(21)10(18-4-2)9-28-12-7-15(24)19(17(12)26)8-16(25)27-20-13(22)5-6-14(20)23;1-3-11(20)10(17-4-2)8-25-12-7-15(23)19(16(12)24)9-18-13(21)5-6-14(18)22;13-6-1-2-7(14)11(6)5-10(17)18-12-8(15)3-4-9(12)16;12-6-1-2-7(13)10(6)5-11-8(14)3-4-9(11)15;2*1-3-7(9)6(5-10)8-4-2/h10,12,18H,3-9H2,1-2H3;5-6,10,12,17H,3-4,7-9H2,1-2H3;1-2H,3-5H2;1-4H,5H2;2*6,8,10H,3-5H2,1-2H3. The van der Waals surface area contributed by atoms with Crippen molar-refractivity contribution in [3.05, 3.63) is 48.6 Å². The molecule has 0 bridgehead atoms. The molecule has 4 N–H and O–H groups in total. The SMILES string of the molecule is CCNC(CS)C(=O)CC.CCNC(CS)C(=O)CC.CCNC(CSC1CC(=O)N(CC(=O)ON2C(=O)CCC2=O)C1=O)C(=O)CC.CCNC(CSC1CC(=O)N(CN2C(=O)C=CC2=O)C1=O)C(=O)CC.O=C(CN1C(=O)C=CC1=O)ON1C(=O)CCC1=O.O=C1C=CC(=O)N1CN1C(=O)C=CC1=O. The summed E-state index contributed by atoms with van der Waals surface area (Å²) < 4.78 is 0. The summed E-state index contributed by atoms with van der Waals surface area (Å²) in [7, 11) is 0. The second-order valence-electron chi connectivity index (χ2n) is 22.9. The highest BCUT2D eigenvalue weighted by atomic mass is 32.2. The number of ketones is 4. The predicted molar refractivity (Wildman–Crippen MR) is 382 cm³/mol. The number of thioether (sulfide) groups is 2. The van der Waals surface area contributed by atoms with Crippen molar-refractivity contribution in [1.82, 2.24) is 60.8 Å². The summed E-state index contributed by atoms with van der Waals surface area (Å²) in [4.78, 5) is 268. The quantitative estimate of drug-likeness (QED) is 0.0304. The van der Waals surface area contributed by atoms with E-state index in [2.05, 4.69) is 51.4 Å². The van der Waals surface area contributed by atoms with Crippen LogP contribution in [-0.4, -0.2) is 279 Å². The molecule has 0 spiro atoms. The van der Waals surface area contributed by atoms with Gasteiger partial charge in [0.25, 0.3) is 70.9 Å². The summed E-state index contributed by atoms with van der Waals surface area (Å²) in [6.45, 7) is 15.9. The van der Waals surface area contributed by atoms with E-state index in [1.54, 1.807) is 13.8 Å². The zero-order valence-electron chi connectivity index (χ0n) is 59.7. The third-order valence-corrected chi connectivity index (χ3v) is 18.9. The van der Waals surface area contributed by atoms with E-state index in [-0.39, 0.29) is 93.1 Å². The summed E-state index contributed by atoms with van der Waals surface area (Å²) >= 11 is 10.6. The second kappa shape index (κ2) is 46.1. The molecule has 106 heavy (non-hydrogen) atoms. The second-order valence-corrected chi connectivity index (χ2v) is 26.1. The molecular formula is C66H88N12O24S4. The van der Waals surface area contributed by atoms with Crippen LogP contribution in [0.3, 0.4) is 0 Å². The van der Waals surface area contributed by atoms with E-state index in [4.69, 9.17) is 4.84 Å². The highest BCUT2D eigenvalue weighted by molar-refractivity contribution is 8.01. The average molecular weight is 1560 g/mol. The fourth-order valence-electron chi connectivity index (χ4n) is 9.79. The van der Waals surface area contributed by atoms with Crippen LogP contribution < -0.4 is 21.3 Å². The lowest BCUT2D eigenvalue weighted by Crippen LogP contribution is -2.44. The smallest absolute Gasteiger partial charge is 0.328 e. The van der Waals surface area contributed by atoms with Crippen LogP contribution in [0.15, 0.2) is 48.6 Å². The predicted octanol–water partition coefficient (Wildman–Crippen LogP) is -1.84. The number of hydroxylamine groups is 4. The first-order chi connectivity index (χ1) is 50.3. The number of imide groups is 8. The first kappa shape index (κ1) is 91.2. The molecule has 0 aromatic carbocycles. The topological polar surface area (TPSA) is 468 Å². The van der Waals surface area contributed by atoms with Gasteiger partial charge in [-0.05, 0) is 26.2 Å².